The Labute approximate surface area is 308 Å². The number of nitrogens with two attached hydrogens (primary N) is 1. The van der Waals surface area contributed by atoms with Gasteiger partial charge in [0.2, 0.25) is 0 Å². The quantitative estimate of drug-likeness (QED) is 0.157. The van der Waals surface area contributed by atoms with Gasteiger partial charge in [0.15, 0.2) is 17.3 Å². The van der Waals surface area contributed by atoms with Crippen LogP contribution in [0.15, 0.2) is 53.2 Å². The molecule has 2 aromatic heterocycles. The number of amides is 2. The minimum Gasteiger partial charge on any atom is -0.447 e. The Morgan fingerprint density at radius 3 is 2.43 bits per heavy atom. The molecule has 1 saturated carbocycles. The summed E-state index contributed by atoms with van der Waals surface area (Å²) in [5.74, 6) is -2.78. The Balaban J connectivity index is 1.43. The van der Waals surface area contributed by atoms with Crippen LogP contribution in [0.25, 0.3) is 16.1 Å². The van der Waals surface area contributed by atoms with Crippen molar-refractivity contribution in [3.8, 4) is 16.1 Å². The van der Waals surface area contributed by atoms with Crippen LogP contribution in [0.5, 0.6) is 0 Å². The van der Waals surface area contributed by atoms with E-state index >= 15 is 4.39 Å². The lowest BCUT2D eigenvalue weighted by Crippen LogP contribution is -2.50. The molecule has 0 saturated heterocycles. The molecule has 19 heteroatoms. The van der Waals surface area contributed by atoms with E-state index in [-0.39, 0.29) is 41.1 Å². The molecule has 4 aromatic rings. The Hall–Kier alpha value is -4.71. The van der Waals surface area contributed by atoms with Crippen LogP contribution in [0.2, 0.25) is 5.02 Å². The average molecular weight is 783 g/mol. The Morgan fingerprint density at radius 1 is 1.13 bits per heavy atom. The first-order chi connectivity index (χ1) is 24.8. The van der Waals surface area contributed by atoms with Crippen molar-refractivity contribution in [3.05, 3.63) is 81.7 Å². The summed E-state index contributed by atoms with van der Waals surface area (Å²) in [5.41, 5.74) is 4.10. The number of ether oxygens (including phenoxy) is 1. The van der Waals surface area contributed by atoms with Crippen molar-refractivity contribution in [2.24, 2.45) is 16.1 Å². The van der Waals surface area contributed by atoms with E-state index < -0.39 is 71.3 Å². The monoisotopic (exact) mass is 782 g/mol. The fourth-order valence-corrected chi connectivity index (χ4v) is 7.42. The van der Waals surface area contributed by atoms with Crippen LogP contribution in [0.4, 0.5) is 31.1 Å². The van der Waals surface area contributed by atoms with Gasteiger partial charge in [0.05, 0.1) is 32.8 Å². The number of nitrogens with zero attached hydrogens (tertiary/aromatic N) is 6. The zero-order valence-corrected chi connectivity index (χ0v) is 30.2. The maximum atomic E-state index is 16.3. The minimum atomic E-state index is -4.75. The van der Waals surface area contributed by atoms with Crippen LogP contribution < -0.4 is 11.1 Å². The number of rotatable bonds is 10. The van der Waals surface area contributed by atoms with Crippen molar-refractivity contribution in [2.45, 2.75) is 76.7 Å². The summed E-state index contributed by atoms with van der Waals surface area (Å²) < 4.78 is 91.0. The van der Waals surface area contributed by atoms with E-state index in [4.69, 9.17) is 22.1 Å². The van der Waals surface area contributed by atoms with Crippen molar-refractivity contribution in [1.29, 1.82) is 0 Å². The molecule has 0 radical (unpaired) electrons. The number of carbonyl (C=O) groups excluding carboxylic acids is 2. The minimum absolute atomic E-state index is 0.0589. The van der Waals surface area contributed by atoms with Crippen molar-refractivity contribution in [1.82, 2.24) is 30.0 Å². The first-order valence-electron chi connectivity index (χ1n) is 16.2. The summed E-state index contributed by atoms with van der Waals surface area (Å²) in [5, 5.41) is 5.65. The number of benzene rings is 2. The van der Waals surface area contributed by atoms with E-state index in [0.717, 1.165) is 20.8 Å². The van der Waals surface area contributed by atoms with Crippen LogP contribution in [0.3, 0.4) is 0 Å². The molecule has 2 atom stereocenters. The molecule has 282 valence electrons. The summed E-state index contributed by atoms with van der Waals surface area (Å²) in [4.78, 5) is 41.8. The predicted octanol–water partition coefficient (Wildman–Crippen LogP) is 7.78. The third-order valence-electron chi connectivity index (χ3n) is 9.00. The largest absolute Gasteiger partial charge is 0.447 e. The molecule has 6 rings (SSSR count). The van der Waals surface area contributed by atoms with Gasteiger partial charge in [-0.3, -0.25) is 9.69 Å². The van der Waals surface area contributed by atoms with E-state index in [1.807, 2.05) is 26.1 Å². The van der Waals surface area contributed by atoms with E-state index in [0.29, 0.717) is 11.3 Å². The van der Waals surface area contributed by atoms with Gasteiger partial charge >= 0.3 is 12.3 Å². The third kappa shape index (κ3) is 7.17. The molecular weight excluding hydrogens is 750 g/mol. The molecule has 3 heterocycles. The molecule has 2 aliphatic rings. The fourth-order valence-electron chi connectivity index (χ4n) is 6.42. The summed E-state index contributed by atoms with van der Waals surface area (Å²) in [7, 11) is 0. The average Bonchev–Trinajstić information content (AvgIpc) is 3.37. The standard InChI is InChI=1S/C34H33ClF6N8O3S/c1-17-25(53-16-44-17)19-5-7-20(22(36)11-19)33(14-31(2,3)4)28(50)48(29(42)46-33)24(13-52-30(51)47-32(9-10-32)34(39,40)41)18-6-8-21(35)23(12-18)49-27(26(37)38)43-15-45-49/h5-8,11-12,15-16,24,26H,9-10,13-14H2,1-4H3,(H2,42,46)(H,47,51)/t24?,33-/m1/s1. The summed E-state index contributed by atoms with van der Waals surface area (Å²) in [6.07, 6.45) is -9.13. The number of nitrogens with one attached hydrogen (secondary N) is 1. The molecule has 0 spiro atoms. The molecule has 2 aromatic carbocycles. The Bertz CT molecular complexity index is 2090. The molecule has 2 amide bonds. The number of carbonyl (C=O) groups is 2. The molecule has 3 N–H and O–H groups in total. The van der Waals surface area contributed by atoms with Crippen molar-refractivity contribution >= 4 is 40.9 Å². The van der Waals surface area contributed by atoms with E-state index in [9.17, 15) is 31.5 Å². The van der Waals surface area contributed by atoms with Crippen LogP contribution in [0.1, 0.15) is 75.1 Å². The number of aryl methyl sites for hydroxylation is 1. The van der Waals surface area contributed by atoms with Gasteiger partial charge in [-0.1, -0.05) is 50.6 Å². The van der Waals surface area contributed by atoms with E-state index in [2.05, 4.69) is 20.1 Å². The molecule has 1 fully saturated rings. The highest BCUT2D eigenvalue weighted by atomic mass is 35.5. The lowest BCUT2D eigenvalue weighted by atomic mass is 9.75. The van der Waals surface area contributed by atoms with Crippen LogP contribution in [-0.2, 0) is 15.1 Å². The molecule has 1 unspecified atom stereocenters. The van der Waals surface area contributed by atoms with Gasteiger partial charge in [-0.25, -0.2) is 37.6 Å². The Morgan fingerprint density at radius 2 is 1.85 bits per heavy atom. The molecule has 1 aliphatic heterocycles. The molecule has 53 heavy (non-hydrogen) atoms. The number of hydrogen-bond acceptors (Lipinski definition) is 9. The highest BCUT2D eigenvalue weighted by Crippen LogP contribution is 2.49. The van der Waals surface area contributed by atoms with Gasteiger partial charge in [-0.15, -0.1) is 11.3 Å². The second-order valence-corrected chi connectivity index (χ2v) is 15.3. The third-order valence-corrected chi connectivity index (χ3v) is 10.3. The van der Waals surface area contributed by atoms with Crippen LogP contribution in [-0.4, -0.2) is 60.9 Å². The number of alkyl carbamates (subject to hydrolysis) is 1. The van der Waals surface area contributed by atoms with E-state index in [1.54, 1.807) is 18.5 Å². The first-order valence-corrected chi connectivity index (χ1v) is 17.4. The fraction of sp³-hybridized carbons (Fsp3) is 0.412. The van der Waals surface area contributed by atoms with Gasteiger partial charge in [0.25, 0.3) is 12.3 Å². The number of thiazole rings is 1. The second-order valence-electron chi connectivity index (χ2n) is 14.1. The number of aliphatic imine (C=N–C) groups is 1. The van der Waals surface area contributed by atoms with Crippen molar-refractivity contribution in [2.75, 3.05) is 6.61 Å². The lowest BCUT2D eigenvalue weighted by molar-refractivity contribution is -0.164. The normalized spacial score (nSPS) is 19.1. The van der Waals surface area contributed by atoms with Crippen molar-refractivity contribution in [3.63, 3.8) is 0 Å². The van der Waals surface area contributed by atoms with Gasteiger partial charge < -0.3 is 15.8 Å². The van der Waals surface area contributed by atoms with Gasteiger partial charge in [0.1, 0.15) is 24.3 Å². The number of halogens is 7. The van der Waals surface area contributed by atoms with Gasteiger partial charge in [-0.05, 0) is 60.9 Å². The molecule has 0 bridgehead atoms. The number of hydrogen-bond donors (Lipinski definition) is 2. The molecule has 11 nitrogen and oxygen atoms in total. The van der Waals surface area contributed by atoms with Gasteiger partial charge in [0, 0.05) is 5.56 Å². The number of guanidine groups is 1. The SMILES string of the molecule is Cc1ncsc1-c1ccc([C@@]2(CC(C)(C)C)N=C(N)N(C(COC(=O)NC3(C(F)(F)F)CC3)c3ccc(Cl)c(-n4ncnc4C(F)F)c3)C2=O)c(F)c1. The molecule has 1 aliphatic carbocycles. The second kappa shape index (κ2) is 13.6. The Kier molecular flexibility index (Phi) is 9.76. The summed E-state index contributed by atoms with van der Waals surface area (Å²) in [6.45, 7) is 6.42. The highest BCUT2D eigenvalue weighted by Gasteiger charge is 2.64. The topological polar surface area (TPSA) is 141 Å². The zero-order chi connectivity index (χ0) is 38.7. The maximum Gasteiger partial charge on any atom is 0.411 e. The summed E-state index contributed by atoms with van der Waals surface area (Å²) >= 11 is 7.71. The molecular formula is C34H33ClF6N8O3S. The number of aromatic nitrogens is 4. The maximum absolute atomic E-state index is 16.3. The smallest absolute Gasteiger partial charge is 0.411 e. The first kappa shape index (κ1) is 38.0. The lowest BCUT2D eigenvalue weighted by Gasteiger charge is -2.35. The van der Waals surface area contributed by atoms with Crippen LogP contribution in [0, 0.1) is 18.2 Å². The number of alkyl halides is 5. The highest BCUT2D eigenvalue weighted by molar-refractivity contribution is 7.13. The van der Waals surface area contributed by atoms with Crippen LogP contribution >= 0.6 is 22.9 Å². The van der Waals surface area contributed by atoms with E-state index in [1.165, 1.54) is 41.7 Å². The predicted molar refractivity (Wildman–Crippen MR) is 183 cm³/mol. The van der Waals surface area contributed by atoms with Crippen molar-refractivity contribution < 1.29 is 40.7 Å². The summed E-state index contributed by atoms with van der Waals surface area (Å²) in [6, 6.07) is 6.86. The van der Waals surface area contributed by atoms with Gasteiger partial charge in [-0.2, -0.15) is 18.3 Å². The zero-order valence-electron chi connectivity index (χ0n) is 28.6.